The number of hydrogen-bond acceptors (Lipinski definition) is 5. The Morgan fingerprint density at radius 1 is 1.06 bits per heavy atom. The molecule has 0 spiro atoms. The van der Waals surface area contributed by atoms with Gasteiger partial charge < -0.3 is 19.2 Å². The molecule has 158 valence electrons. The van der Waals surface area contributed by atoms with E-state index in [1.807, 2.05) is 37.3 Å². The third kappa shape index (κ3) is 4.10. The second kappa shape index (κ2) is 8.92. The van der Waals surface area contributed by atoms with Gasteiger partial charge in [-0.15, -0.1) is 0 Å². The van der Waals surface area contributed by atoms with E-state index < -0.39 is 17.7 Å². The Hall–Kier alpha value is -3.80. The number of Topliss-reactive ketones (excluding diaryl/α,β-unsaturated/α-hetero) is 1. The van der Waals surface area contributed by atoms with Gasteiger partial charge in [-0.1, -0.05) is 49.4 Å². The maximum atomic E-state index is 13.0. The number of rotatable bonds is 7. The van der Waals surface area contributed by atoms with Gasteiger partial charge in [0.15, 0.2) is 0 Å². The Bertz CT molecular complexity index is 1100. The van der Waals surface area contributed by atoms with Crippen molar-refractivity contribution >= 4 is 17.4 Å². The lowest BCUT2D eigenvalue weighted by Gasteiger charge is -2.23. The summed E-state index contributed by atoms with van der Waals surface area (Å²) in [7, 11) is 0. The van der Waals surface area contributed by atoms with Crippen molar-refractivity contribution in [1.29, 1.82) is 0 Å². The van der Waals surface area contributed by atoms with Crippen LogP contribution >= 0.6 is 0 Å². The van der Waals surface area contributed by atoms with Gasteiger partial charge in [0, 0.05) is 12.1 Å². The molecular formula is C25H23NO5. The molecule has 3 aromatic rings. The lowest BCUT2D eigenvalue weighted by molar-refractivity contribution is -0.140. The molecule has 1 fully saturated rings. The zero-order chi connectivity index (χ0) is 21.8. The first kappa shape index (κ1) is 20.5. The number of aliphatic hydroxyl groups excluding tert-OH is 1. The molecular weight excluding hydrogens is 394 g/mol. The van der Waals surface area contributed by atoms with Crippen molar-refractivity contribution in [2.45, 2.75) is 25.9 Å². The maximum Gasteiger partial charge on any atom is 0.296 e. The van der Waals surface area contributed by atoms with Crippen LogP contribution in [0.15, 0.2) is 83.0 Å². The summed E-state index contributed by atoms with van der Waals surface area (Å²) in [5.74, 6) is -0.675. The minimum Gasteiger partial charge on any atom is -0.507 e. The minimum absolute atomic E-state index is 0.00326. The highest BCUT2D eigenvalue weighted by molar-refractivity contribution is 6.46. The smallest absolute Gasteiger partial charge is 0.296 e. The van der Waals surface area contributed by atoms with Crippen molar-refractivity contribution in [3.05, 3.63) is 95.5 Å². The highest BCUT2D eigenvalue weighted by atomic mass is 16.5. The summed E-state index contributed by atoms with van der Waals surface area (Å²) in [6.07, 6.45) is 2.33. The molecule has 0 bridgehead atoms. The molecule has 1 atom stereocenters. The number of carbonyl (C=O) groups excluding carboxylic acids is 2. The fourth-order valence-electron chi connectivity index (χ4n) is 3.67. The monoisotopic (exact) mass is 417 g/mol. The van der Waals surface area contributed by atoms with E-state index in [2.05, 4.69) is 0 Å². The second-order valence-electron chi connectivity index (χ2n) is 7.30. The molecule has 1 aromatic heterocycles. The van der Waals surface area contributed by atoms with Crippen LogP contribution in [0.5, 0.6) is 5.75 Å². The summed E-state index contributed by atoms with van der Waals surface area (Å²) in [6.45, 7) is 2.76. The van der Waals surface area contributed by atoms with Crippen molar-refractivity contribution in [2.24, 2.45) is 0 Å². The topological polar surface area (TPSA) is 80.0 Å². The van der Waals surface area contributed by atoms with Crippen LogP contribution in [0.3, 0.4) is 0 Å². The van der Waals surface area contributed by atoms with Crippen molar-refractivity contribution in [1.82, 2.24) is 4.90 Å². The first-order valence-corrected chi connectivity index (χ1v) is 10.2. The number of benzene rings is 2. The third-order valence-electron chi connectivity index (χ3n) is 5.13. The van der Waals surface area contributed by atoms with Crippen LogP contribution in [0.1, 0.15) is 36.3 Å². The summed E-state index contributed by atoms with van der Waals surface area (Å²) < 4.78 is 11.2. The molecule has 1 amide bonds. The average Bonchev–Trinajstić information content (AvgIpc) is 3.41. The van der Waals surface area contributed by atoms with Gasteiger partial charge in [0.1, 0.15) is 23.3 Å². The number of aliphatic hydroxyl groups is 1. The molecule has 1 aliphatic rings. The Morgan fingerprint density at radius 2 is 1.87 bits per heavy atom. The van der Waals surface area contributed by atoms with E-state index in [0.717, 1.165) is 12.0 Å². The van der Waals surface area contributed by atoms with Crippen molar-refractivity contribution in [3.8, 4) is 5.75 Å². The van der Waals surface area contributed by atoms with Crippen LogP contribution in [-0.2, 0) is 16.1 Å². The number of likely N-dealkylation sites (tertiary alicyclic amines) is 1. The Morgan fingerprint density at radius 3 is 2.58 bits per heavy atom. The molecule has 2 aromatic carbocycles. The number of ketones is 1. The third-order valence-corrected chi connectivity index (χ3v) is 5.13. The van der Waals surface area contributed by atoms with E-state index in [-0.39, 0.29) is 17.9 Å². The Balaban J connectivity index is 1.78. The minimum atomic E-state index is -0.824. The van der Waals surface area contributed by atoms with E-state index in [1.54, 1.807) is 36.4 Å². The van der Waals surface area contributed by atoms with E-state index in [9.17, 15) is 14.7 Å². The molecule has 0 saturated carbocycles. The summed E-state index contributed by atoms with van der Waals surface area (Å²) >= 11 is 0. The molecule has 6 nitrogen and oxygen atoms in total. The van der Waals surface area contributed by atoms with Gasteiger partial charge in [0.25, 0.3) is 11.7 Å². The highest BCUT2D eigenvalue weighted by Crippen LogP contribution is 2.40. The van der Waals surface area contributed by atoms with Crippen LogP contribution in [0.4, 0.5) is 0 Å². The SMILES string of the molecule is CCCOc1cccc(/C(O)=C2\C(=O)C(=O)N(Cc3ccccc3)C2c2ccco2)c1. The Labute approximate surface area is 180 Å². The van der Waals surface area contributed by atoms with E-state index >= 15 is 0 Å². The summed E-state index contributed by atoms with van der Waals surface area (Å²) in [4.78, 5) is 27.4. The molecule has 1 unspecified atom stereocenters. The molecule has 0 aliphatic carbocycles. The van der Waals surface area contributed by atoms with Crippen LogP contribution in [0.25, 0.3) is 5.76 Å². The molecule has 6 heteroatoms. The average molecular weight is 417 g/mol. The van der Waals surface area contributed by atoms with Crippen molar-refractivity contribution in [3.63, 3.8) is 0 Å². The van der Waals surface area contributed by atoms with Crippen LogP contribution in [-0.4, -0.2) is 28.3 Å². The number of nitrogens with zero attached hydrogens (tertiary/aromatic N) is 1. The van der Waals surface area contributed by atoms with Gasteiger partial charge in [-0.3, -0.25) is 9.59 Å². The number of ether oxygens (including phenoxy) is 1. The molecule has 0 radical (unpaired) electrons. The number of hydrogen-bond donors (Lipinski definition) is 1. The first-order valence-electron chi connectivity index (χ1n) is 10.2. The molecule has 1 N–H and O–H groups in total. The lowest BCUT2D eigenvalue weighted by atomic mass is 9.99. The molecule has 1 saturated heterocycles. The van der Waals surface area contributed by atoms with E-state index in [4.69, 9.17) is 9.15 Å². The lowest BCUT2D eigenvalue weighted by Crippen LogP contribution is -2.29. The first-order chi connectivity index (χ1) is 15.1. The van der Waals surface area contributed by atoms with Gasteiger partial charge in [0.05, 0.1) is 18.4 Å². The molecule has 31 heavy (non-hydrogen) atoms. The van der Waals surface area contributed by atoms with Crippen LogP contribution in [0.2, 0.25) is 0 Å². The predicted molar refractivity (Wildman–Crippen MR) is 115 cm³/mol. The molecule has 2 heterocycles. The molecule has 4 rings (SSSR count). The van der Waals surface area contributed by atoms with Gasteiger partial charge in [0.2, 0.25) is 0 Å². The Kier molecular flexibility index (Phi) is 5.89. The van der Waals surface area contributed by atoms with Crippen LogP contribution in [0, 0.1) is 0 Å². The van der Waals surface area contributed by atoms with E-state index in [1.165, 1.54) is 11.2 Å². The number of furan rings is 1. The van der Waals surface area contributed by atoms with Gasteiger partial charge in [-0.25, -0.2) is 0 Å². The van der Waals surface area contributed by atoms with Crippen molar-refractivity contribution in [2.75, 3.05) is 6.61 Å². The largest absolute Gasteiger partial charge is 0.507 e. The molecule has 1 aliphatic heterocycles. The standard InChI is InChI=1S/C25H23NO5/c1-2-13-30-19-11-6-10-18(15-19)23(27)21-22(20-12-7-14-31-20)26(25(29)24(21)28)16-17-8-4-3-5-9-17/h3-12,14-15,22,27H,2,13,16H2,1H3/b23-21+. The predicted octanol–water partition coefficient (Wildman–Crippen LogP) is 4.69. The number of carbonyl (C=O) groups is 2. The van der Waals surface area contributed by atoms with E-state index in [0.29, 0.717) is 23.7 Å². The van der Waals surface area contributed by atoms with Gasteiger partial charge in [-0.05, 0) is 36.2 Å². The fourth-order valence-corrected chi connectivity index (χ4v) is 3.67. The quantitative estimate of drug-likeness (QED) is 0.343. The number of amides is 1. The summed E-state index contributed by atoms with van der Waals surface area (Å²) in [5.41, 5.74) is 1.28. The van der Waals surface area contributed by atoms with Crippen LogP contribution < -0.4 is 4.74 Å². The zero-order valence-corrected chi connectivity index (χ0v) is 17.2. The summed E-state index contributed by atoms with van der Waals surface area (Å²) in [5, 5.41) is 11.1. The van der Waals surface area contributed by atoms with Gasteiger partial charge >= 0.3 is 0 Å². The second-order valence-corrected chi connectivity index (χ2v) is 7.30. The maximum absolute atomic E-state index is 13.0. The van der Waals surface area contributed by atoms with Gasteiger partial charge in [-0.2, -0.15) is 0 Å². The normalized spacial score (nSPS) is 17.8. The fraction of sp³-hybridized carbons (Fsp3) is 0.200. The zero-order valence-electron chi connectivity index (χ0n) is 17.2. The highest BCUT2D eigenvalue weighted by Gasteiger charge is 2.47. The van der Waals surface area contributed by atoms with Crippen molar-refractivity contribution < 1.29 is 23.8 Å². The summed E-state index contributed by atoms with van der Waals surface area (Å²) in [6, 6.07) is 18.8.